The molecule has 0 amide bonds. The van der Waals surface area contributed by atoms with Crippen molar-refractivity contribution in [3.8, 4) is 34.5 Å². The molecule has 3 aromatic heterocycles. The summed E-state index contributed by atoms with van der Waals surface area (Å²) in [6.45, 7) is 4.62. The second-order valence-corrected chi connectivity index (χ2v) is 31.3. The van der Waals surface area contributed by atoms with Crippen LogP contribution < -0.4 is 45.1 Å². The number of aliphatic hydroxyl groups is 2. The summed E-state index contributed by atoms with van der Waals surface area (Å²) in [4.78, 5) is 47.5. The molecule has 34 heteroatoms. The summed E-state index contributed by atoms with van der Waals surface area (Å²) in [5.41, 5.74) is 9.29. The van der Waals surface area contributed by atoms with Crippen LogP contribution in [-0.2, 0) is 6.54 Å². The third kappa shape index (κ3) is 26.3. The zero-order valence-electron chi connectivity index (χ0n) is 66.1. The van der Waals surface area contributed by atoms with Gasteiger partial charge in [-0.25, -0.2) is 4.68 Å². The normalized spacial score (nSPS) is 13.1. The maximum atomic E-state index is 12.9. The lowest BCUT2D eigenvalue weighted by Crippen LogP contribution is -2.18. The number of carbonyl (C=O) groups excluding carboxylic acids is 1. The SMILES string of the molecule is C=CCC(Br)c1ccc(C)cc1OC(F)F.C=CCC(O)c1ccc(C)cc1OC(F)F.C=CCC(c1ccc(C)cc1OC(F)F)n1[nH]c(=O)c2ccc(Br)cc21.Cc1ccc(C(CCO)n2[nH]c(=O)c3ccc(Br)cc32)c(OC(F)F)c1.Cc1ccc(C=O)c(OC(F)F)c1.Cc1ccc(OC(F)F)c(C2CCn3c(=O)c4ccc(Br)cc4n32)c1. The van der Waals surface area contributed by atoms with Gasteiger partial charge < -0.3 is 38.6 Å². The van der Waals surface area contributed by atoms with Crippen molar-refractivity contribution in [3.63, 3.8) is 0 Å². The van der Waals surface area contributed by atoms with Crippen LogP contribution in [0, 0.1) is 41.5 Å². The largest absolute Gasteiger partial charge is 0.434 e. The van der Waals surface area contributed by atoms with Crippen LogP contribution in [0.15, 0.2) is 230 Å². The van der Waals surface area contributed by atoms with E-state index in [4.69, 9.17) is 9.47 Å². The number of aryl methyl sites for hydroxylation is 6. The van der Waals surface area contributed by atoms with Gasteiger partial charge in [0.1, 0.15) is 34.5 Å². The Morgan fingerprint density at radius 3 is 1.26 bits per heavy atom. The Kier molecular flexibility index (Phi) is 36.2. The molecule has 4 N–H and O–H groups in total. The number of fused-ring (bicyclic) bond motifs is 5. The summed E-state index contributed by atoms with van der Waals surface area (Å²) < 4.78 is 186. The minimum atomic E-state index is -2.97. The van der Waals surface area contributed by atoms with Gasteiger partial charge in [0.2, 0.25) is 0 Å². The van der Waals surface area contributed by atoms with Crippen LogP contribution in [0.4, 0.5) is 52.7 Å². The quantitative estimate of drug-likeness (QED) is 0.0156. The Balaban J connectivity index is 0.000000185. The smallest absolute Gasteiger partial charge is 0.387 e. The van der Waals surface area contributed by atoms with Crippen molar-refractivity contribution in [2.24, 2.45) is 0 Å². The number of ether oxygens (including phenoxy) is 6. The summed E-state index contributed by atoms with van der Waals surface area (Å²) in [6.07, 6.45) is 6.79. The minimum absolute atomic E-state index is 0.0179. The van der Waals surface area contributed by atoms with Gasteiger partial charge in [-0.1, -0.05) is 154 Å². The Hall–Kier alpha value is -10.5. The highest BCUT2D eigenvalue weighted by Crippen LogP contribution is 2.41. The van der Waals surface area contributed by atoms with E-state index in [-0.39, 0.29) is 80.6 Å². The number of allylic oxidation sites excluding steroid dienone is 2. The molecule has 0 saturated heterocycles. The maximum Gasteiger partial charge on any atom is 0.387 e. The Morgan fingerprint density at radius 2 is 0.811 bits per heavy atom. The molecule has 9 aromatic carbocycles. The first kappa shape index (κ1) is 96.9. The van der Waals surface area contributed by atoms with E-state index in [2.05, 4.69) is 113 Å². The summed E-state index contributed by atoms with van der Waals surface area (Å²) >= 11 is 13.6. The average Bonchev–Trinajstić information content (AvgIpc) is 1.58. The lowest BCUT2D eigenvalue weighted by atomic mass is 10.0. The number of aromatic amines is 2. The molecule has 0 aliphatic carbocycles. The van der Waals surface area contributed by atoms with Gasteiger partial charge in [-0.05, 0) is 199 Å². The Labute approximate surface area is 726 Å². The summed E-state index contributed by atoms with van der Waals surface area (Å²) in [6, 6.07) is 44.6. The molecule has 0 fully saturated rings. The number of nitrogens with zero attached hydrogens (tertiary/aromatic N) is 4. The molecule has 1 aliphatic rings. The number of aromatic nitrogens is 6. The molecule has 0 saturated carbocycles. The first-order chi connectivity index (χ1) is 58.0. The molecule has 18 nitrogen and oxygen atoms in total. The number of H-pyrrole nitrogens is 2. The highest BCUT2D eigenvalue weighted by molar-refractivity contribution is 9.11. The molecule has 122 heavy (non-hydrogen) atoms. The van der Waals surface area contributed by atoms with Gasteiger partial charge in [0.15, 0.2) is 6.29 Å². The molecule has 12 aromatic rings. The number of carbonyl (C=O) groups is 1. The van der Waals surface area contributed by atoms with Crippen LogP contribution in [0.1, 0.15) is 133 Å². The fourth-order valence-electron chi connectivity index (χ4n) is 13.3. The number of alkyl halides is 13. The summed E-state index contributed by atoms with van der Waals surface area (Å²) in [5, 5.41) is 26.4. The van der Waals surface area contributed by atoms with Gasteiger partial charge in [0.05, 0.1) is 62.5 Å². The van der Waals surface area contributed by atoms with E-state index in [9.17, 15) is 82.1 Å². The number of hydrogen-bond acceptors (Lipinski definition) is 12. The standard InChI is InChI=1S/C19H17BrF2N2O2.C18H17BrF2N2O3.C18H15BrF2N2O2.C12H13BrF2O.C12H14F2O2.C9H8F2O2/c1-3-4-15(13-7-5-11(2)9-17(13)26-19(21)22)24-16-10-12(20)6-8-14(16)18(25)23-24;1-10-2-4-12(16(8-10)26-18(20)21)14(6-7-24)23-15-9-11(19)3-5-13(15)17(25)22-23;1-10-2-5-16(25-18(20)21)13(8-10)14-6-7-22-17(24)12-4-3-11(19)9-15(12)23(14)22;1-3-4-10(13)9-6-5-8(2)7-11(9)16-12(14)15;1-3-4-10(15)9-6-5-8(2)7-11(9)16-12(13)14;1-6-2-3-7(5-12)8(4-6)13-9(10)11/h3,5-10,15,19H,1,4H2,2H3,(H,23,25);2-5,8-9,14,18,24H,6-7H2,1H3,(H,22,25);2-5,8-9,14,18H,6-7H2,1H3;3,5-7,10,12H,1,4H2,2H3;3,5-7,10,12,15H,1,4H2,2H3;2-5,9H,1H3. The fraction of sp³-hybridized carbons (Fsp3) is 0.273. The molecular formula is C88H84Br4F12N6O12. The van der Waals surface area contributed by atoms with Crippen molar-refractivity contribution >= 4 is 103 Å². The second kappa shape index (κ2) is 45.6. The van der Waals surface area contributed by atoms with Crippen molar-refractivity contribution in [2.75, 3.05) is 6.61 Å². The number of halogens is 16. The average molecular weight is 1970 g/mol. The van der Waals surface area contributed by atoms with Crippen LogP contribution in [0.25, 0.3) is 32.7 Å². The van der Waals surface area contributed by atoms with Gasteiger partial charge in [-0.2, -0.15) is 52.7 Å². The molecular weight excluding hydrogens is 1880 g/mol. The van der Waals surface area contributed by atoms with E-state index in [1.54, 1.807) is 157 Å². The topological polar surface area (TPSA) is 215 Å². The number of hydrogen-bond donors (Lipinski definition) is 4. The Bertz CT molecular complexity index is 5710. The molecule has 5 atom stereocenters. The van der Waals surface area contributed by atoms with Crippen LogP contribution in [-0.4, -0.2) is 91.7 Å². The highest BCUT2D eigenvalue weighted by Gasteiger charge is 2.32. The van der Waals surface area contributed by atoms with Crippen molar-refractivity contribution in [2.45, 2.75) is 149 Å². The van der Waals surface area contributed by atoms with Gasteiger partial charge in [0, 0.05) is 59.2 Å². The van der Waals surface area contributed by atoms with Crippen LogP contribution in [0.5, 0.6) is 34.5 Å². The molecule has 1 aliphatic heterocycles. The lowest BCUT2D eigenvalue weighted by Gasteiger charge is -2.22. The van der Waals surface area contributed by atoms with Crippen LogP contribution in [0.3, 0.4) is 0 Å². The third-order valence-corrected chi connectivity index (χ3v) is 20.9. The molecule has 0 bridgehead atoms. The fourth-order valence-corrected chi connectivity index (χ4v) is 15.0. The van der Waals surface area contributed by atoms with Crippen molar-refractivity contribution < 1.29 is 96.1 Å². The molecule has 13 rings (SSSR count). The van der Waals surface area contributed by atoms with Crippen molar-refractivity contribution in [3.05, 3.63) is 313 Å². The number of nitrogens with one attached hydrogen (secondary N) is 2. The van der Waals surface area contributed by atoms with E-state index in [0.29, 0.717) is 93.5 Å². The summed E-state index contributed by atoms with van der Waals surface area (Å²) in [5.74, 6) is 0.428. The monoisotopic (exact) mass is 1960 g/mol. The molecule has 0 spiro atoms. The first-order valence-electron chi connectivity index (χ1n) is 37.2. The van der Waals surface area contributed by atoms with Gasteiger partial charge >= 0.3 is 39.7 Å². The predicted octanol–water partition coefficient (Wildman–Crippen LogP) is 23.8. The summed E-state index contributed by atoms with van der Waals surface area (Å²) in [7, 11) is 0. The number of benzene rings is 9. The number of aliphatic hydroxyl groups excluding tert-OH is 2. The Morgan fingerprint density at radius 1 is 0.443 bits per heavy atom. The zero-order valence-corrected chi connectivity index (χ0v) is 72.5. The van der Waals surface area contributed by atoms with E-state index in [1.165, 1.54) is 30.3 Å². The number of aldehydes is 1. The first-order valence-corrected chi connectivity index (χ1v) is 40.5. The maximum absolute atomic E-state index is 12.9. The number of rotatable bonds is 28. The van der Waals surface area contributed by atoms with Crippen molar-refractivity contribution in [1.29, 1.82) is 0 Å². The van der Waals surface area contributed by atoms with Crippen LogP contribution in [0.2, 0.25) is 0 Å². The molecule has 5 unspecified atom stereocenters. The van der Waals surface area contributed by atoms with E-state index in [1.807, 2.05) is 54.9 Å². The van der Waals surface area contributed by atoms with Gasteiger partial charge in [-0.3, -0.25) is 43.4 Å². The molecule has 650 valence electrons. The molecule has 4 heterocycles. The van der Waals surface area contributed by atoms with E-state index in [0.717, 1.165) is 52.3 Å². The van der Waals surface area contributed by atoms with Crippen LogP contribution >= 0.6 is 63.7 Å². The second-order valence-electron chi connectivity index (χ2n) is 27.4. The van der Waals surface area contributed by atoms with Gasteiger partial charge in [0.25, 0.3) is 16.7 Å². The van der Waals surface area contributed by atoms with Gasteiger partial charge in [-0.15, -0.1) is 19.7 Å². The third-order valence-electron chi connectivity index (χ3n) is 18.6. The minimum Gasteiger partial charge on any atom is -0.434 e. The van der Waals surface area contributed by atoms with E-state index < -0.39 is 57.9 Å². The zero-order chi connectivity index (χ0) is 89.5. The highest BCUT2D eigenvalue weighted by atomic mass is 79.9. The molecule has 0 radical (unpaired) electrons. The lowest BCUT2D eigenvalue weighted by molar-refractivity contribution is -0.0521. The van der Waals surface area contributed by atoms with Crippen molar-refractivity contribution in [1.82, 2.24) is 28.9 Å². The van der Waals surface area contributed by atoms with E-state index >= 15 is 0 Å². The predicted molar refractivity (Wildman–Crippen MR) is 458 cm³/mol.